The first-order valence-electron chi connectivity index (χ1n) is 8.27. The second-order valence-corrected chi connectivity index (χ2v) is 5.76. The Labute approximate surface area is 149 Å². The molecule has 1 atom stereocenters. The minimum atomic E-state index is 0.0167. The summed E-state index contributed by atoms with van der Waals surface area (Å²) in [4.78, 5) is 8.41. The molecule has 0 fully saturated rings. The van der Waals surface area contributed by atoms with E-state index in [-0.39, 0.29) is 6.10 Å². The fraction of sp³-hybridized carbons (Fsp3) is 0.368. The Morgan fingerprint density at radius 3 is 2.72 bits per heavy atom. The van der Waals surface area contributed by atoms with Crippen LogP contribution in [0.1, 0.15) is 18.1 Å². The molecule has 0 radical (unpaired) electrons. The van der Waals surface area contributed by atoms with Gasteiger partial charge in [0.25, 0.3) is 0 Å². The number of pyridine rings is 1. The van der Waals surface area contributed by atoms with Crippen molar-refractivity contribution in [3.63, 3.8) is 0 Å². The topological polar surface area (TPSA) is 67.8 Å². The number of rotatable bonds is 7. The zero-order chi connectivity index (χ0) is 18.1. The first-order chi connectivity index (χ1) is 12.1. The van der Waals surface area contributed by atoms with Crippen molar-refractivity contribution in [2.45, 2.75) is 26.5 Å². The molecule has 1 unspecified atom stereocenters. The number of guanidine groups is 1. The maximum Gasteiger partial charge on any atom is 0.212 e. The standard InChI is InChI=1S/C19H26N4O2/c1-14-6-5-7-17(10-14)25-15(2)11-22-19(20-3)23-13-16-8-9-18(24-4)21-12-16/h5-10,12,15H,11,13H2,1-4H3,(H2,20,22,23). The van der Waals surface area contributed by atoms with Gasteiger partial charge in [-0.05, 0) is 37.1 Å². The second kappa shape index (κ2) is 9.52. The van der Waals surface area contributed by atoms with Crippen molar-refractivity contribution in [3.8, 4) is 11.6 Å². The van der Waals surface area contributed by atoms with Gasteiger partial charge in [0.15, 0.2) is 5.96 Å². The summed E-state index contributed by atoms with van der Waals surface area (Å²) < 4.78 is 11.0. The van der Waals surface area contributed by atoms with Crippen molar-refractivity contribution in [2.75, 3.05) is 20.7 Å². The van der Waals surface area contributed by atoms with Crippen LogP contribution >= 0.6 is 0 Å². The third kappa shape index (κ3) is 6.33. The molecule has 0 bridgehead atoms. The summed E-state index contributed by atoms with van der Waals surface area (Å²) in [6.07, 6.45) is 1.80. The molecule has 0 aliphatic rings. The lowest BCUT2D eigenvalue weighted by Crippen LogP contribution is -2.41. The van der Waals surface area contributed by atoms with Gasteiger partial charge in [-0.25, -0.2) is 4.98 Å². The fourth-order valence-electron chi connectivity index (χ4n) is 2.25. The summed E-state index contributed by atoms with van der Waals surface area (Å²) in [7, 11) is 3.35. The molecule has 0 spiro atoms. The molecule has 1 aromatic heterocycles. The van der Waals surface area contributed by atoms with E-state index in [1.807, 2.05) is 37.3 Å². The Morgan fingerprint density at radius 2 is 2.08 bits per heavy atom. The molecule has 2 aromatic rings. The summed E-state index contributed by atoms with van der Waals surface area (Å²) in [5, 5.41) is 6.52. The normalized spacial score (nSPS) is 12.4. The predicted octanol–water partition coefficient (Wildman–Crippen LogP) is 2.53. The number of hydrogen-bond donors (Lipinski definition) is 2. The van der Waals surface area contributed by atoms with E-state index in [4.69, 9.17) is 9.47 Å². The van der Waals surface area contributed by atoms with E-state index in [0.717, 1.165) is 17.3 Å². The highest BCUT2D eigenvalue weighted by Gasteiger charge is 2.06. The number of nitrogens with zero attached hydrogens (tertiary/aromatic N) is 2. The summed E-state index contributed by atoms with van der Waals surface area (Å²) in [6.45, 7) is 5.35. The van der Waals surface area contributed by atoms with Crippen LogP contribution in [0.4, 0.5) is 0 Å². The Morgan fingerprint density at radius 1 is 1.24 bits per heavy atom. The van der Waals surface area contributed by atoms with Gasteiger partial charge in [-0.15, -0.1) is 0 Å². The summed E-state index contributed by atoms with van der Waals surface area (Å²) >= 11 is 0. The molecule has 0 aliphatic carbocycles. The highest BCUT2D eigenvalue weighted by molar-refractivity contribution is 5.79. The molecular formula is C19H26N4O2. The van der Waals surface area contributed by atoms with Gasteiger partial charge in [0.1, 0.15) is 11.9 Å². The van der Waals surface area contributed by atoms with Crippen molar-refractivity contribution in [2.24, 2.45) is 4.99 Å². The third-order valence-electron chi connectivity index (χ3n) is 3.57. The molecule has 134 valence electrons. The largest absolute Gasteiger partial charge is 0.489 e. The highest BCUT2D eigenvalue weighted by atomic mass is 16.5. The molecule has 1 heterocycles. The van der Waals surface area contributed by atoms with Gasteiger partial charge in [0.2, 0.25) is 5.88 Å². The monoisotopic (exact) mass is 342 g/mol. The van der Waals surface area contributed by atoms with E-state index in [0.29, 0.717) is 19.0 Å². The lowest BCUT2D eigenvalue weighted by molar-refractivity contribution is 0.223. The zero-order valence-corrected chi connectivity index (χ0v) is 15.2. The summed E-state index contributed by atoms with van der Waals surface area (Å²) in [6, 6.07) is 11.8. The smallest absolute Gasteiger partial charge is 0.212 e. The number of ether oxygens (including phenoxy) is 2. The Balaban J connectivity index is 1.77. The molecular weight excluding hydrogens is 316 g/mol. The van der Waals surface area contributed by atoms with Crippen molar-refractivity contribution >= 4 is 5.96 Å². The molecule has 2 rings (SSSR count). The Bertz CT molecular complexity index is 686. The van der Waals surface area contributed by atoms with Gasteiger partial charge >= 0.3 is 0 Å². The van der Waals surface area contributed by atoms with E-state index in [9.17, 15) is 0 Å². The van der Waals surface area contributed by atoms with E-state index in [1.165, 1.54) is 5.56 Å². The van der Waals surface area contributed by atoms with Crippen molar-refractivity contribution in [1.29, 1.82) is 0 Å². The van der Waals surface area contributed by atoms with Crippen molar-refractivity contribution in [1.82, 2.24) is 15.6 Å². The van der Waals surface area contributed by atoms with Crippen LogP contribution in [-0.2, 0) is 6.54 Å². The van der Waals surface area contributed by atoms with E-state index in [2.05, 4.69) is 33.6 Å². The molecule has 6 heteroatoms. The molecule has 0 aliphatic heterocycles. The molecule has 1 aromatic carbocycles. The number of benzene rings is 1. The van der Waals surface area contributed by atoms with Crippen LogP contribution in [0.3, 0.4) is 0 Å². The average molecular weight is 342 g/mol. The second-order valence-electron chi connectivity index (χ2n) is 5.76. The number of nitrogens with one attached hydrogen (secondary N) is 2. The van der Waals surface area contributed by atoms with E-state index >= 15 is 0 Å². The highest BCUT2D eigenvalue weighted by Crippen LogP contribution is 2.13. The SMILES string of the molecule is CN=C(NCc1ccc(OC)nc1)NCC(C)Oc1cccc(C)c1. The zero-order valence-electron chi connectivity index (χ0n) is 15.2. The van der Waals surface area contributed by atoms with Gasteiger partial charge in [-0.1, -0.05) is 18.2 Å². The summed E-state index contributed by atoms with van der Waals surface area (Å²) in [5.41, 5.74) is 2.23. The average Bonchev–Trinajstić information content (AvgIpc) is 2.62. The molecule has 0 amide bonds. The lowest BCUT2D eigenvalue weighted by Gasteiger charge is -2.18. The summed E-state index contributed by atoms with van der Waals surface area (Å²) in [5.74, 6) is 2.20. The number of aryl methyl sites for hydroxylation is 1. The van der Waals surface area contributed by atoms with Crippen LogP contribution in [0.5, 0.6) is 11.6 Å². The Kier molecular flexibility index (Phi) is 7.07. The van der Waals surface area contributed by atoms with Crippen LogP contribution in [0.2, 0.25) is 0 Å². The minimum absolute atomic E-state index is 0.0167. The molecule has 6 nitrogen and oxygen atoms in total. The van der Waals surface area contributed by atoms with Crippen LogP contribution in [-0.4, -0.2) is 37.7 Å². The number of aromatic nitrogens is 1. The number of methoxy groups -OCH3 is 1. The molecule has 25 heavy (non-hydrogen) atoms. The third-order valence-corrected chi connectivity index (χ3v) is 3.57. The van der Waals surface area contributed by atoms with Crippen LogP contribution in [0.15, 0.2) is 47.6 Å². The van der Waals surface area contributed by atoms with Crippen molar-refractivity contribution < 1.29 is 9.47 Å². The van der Waals surface area contributed by atoms with Gasteiger partial charge in [-0.2, -0.15) is 0 Å². The quantitative estimate of drug-likeness (QED) is 0.598. The first-order valence-corrected chi connectivity index (χ1v) is 8.27. The van der Waals surface area contributed by atoms with Gasteiger partial charge in [0, 0.05) is 25.9 Å². The predicted molar refractivity (Wildman–Crippen MR) is 100 cm³/mol. The fourth-order valence-corrected chi connectivity index (χ4v) is 2.25. The van der Waals surface area contributed by atoms with Gasteiger partial charge < -0.3 is 20.1 Å². The lowest BCUT2D eigenvalue weighted by atomic mass is 10.2. The molecule has 0 saturated carbocycles. The first kappa shape index (κ1) is 18.6. The number of aliphatic imine (C=N–C) groups is 1. The van der Waals surface area contributed by atoms with Gasteiger partial charge in [0.05, 0.1) is 13.7 Å². The molecule has 2 N–H and O–H groups in total. The maximum atomic E-state index is 5.91. The van der Waals surface area contributed by atoms with Crippen LogP contribution < -0.4 is 20.1 Å². The molecule has 0 saturated heterocycles. The van der Waals surface area contributed by atoms with Crippen LogP contribution in [0, 0.1) is 6.92 Å². The number of hydrogen-bond acceptors (Lipinski definition) is 4. The van der Waals surface area contributed by atoms with E-state index < -0.39 is 0 Å². The Hall–Kier alpha value is -2.76. The van der Waals surface area contributed by atoms with Gasteiger partial charge in [-0.3, -0.25) is 4.99 Å². The maximum absolute atomic E-state index is 5.91. The van der Waals surface area contributed by atoms with Crippen LogP contribution in [0.25, 0.3) is 0 Å². The minimum Gasteiger partial charge on any atom is -0.489 e. The van der Waals surface area contributed by atoms with E-state index in [1.54, 1.807) is 20.4 Å². The van der Waals surface area contributed by atoms with Crippen molar-refractivity contribution in [3.05, 3.63) is 53.7 Å².